The van der Waals surface area contributed by atoms with Crippen LogP contribution < -0.4 is 5.32 Å². The van der Waals surface area contributed by atoms with Gasteiger partial charge in [0.2, 0.25) is 5.91 Å². The number of amides is 1. The molecule has 1 aliphatic carbocycles. The zero-order valence-corrected chi connectivity index (χ0v) is 11.1. The highest BCUT2D eigenvalue weighted by Crippen LogP contribution is 2.34. The van der Waals surface area contributed by atoms with Crippen molar-refractivity contribution in [2.75, 3.05) is 6.61 Å². The highest BCUT2D eigenvalue weighted by molar-refractivity contribution is 7.13. The van der Waals surface area contributed by atoms with Crippen LogP contribution in [-0.2, 0) is 11.2 Å². The lowest BCUT2D eigenvalue weighted by Crippen LogP contribution is -2.40. The molecule has 0 bridgehead atoms. The number of aromatic nitrogens is 1. The van der Waals surface area contributed by atoms with Crippen LogP contribution in [0.2, 0.25) is 0 Å². The van der Waals surface area contributed by atoms with Crippen LogP contribution in [0.4, 0.5) is 0 Å². The minimum absolute atomic E-state index is 0.00739. The van der Waals surface area contributed by atoms with E-state index < -0.39 is 0 Å². The molecule has 0 aromatic carbocycles. The second-order valence-electron chi connectivity index (χ2n) is 4.78. The lowest BCUT2D eigenvalue weighted by atomic mass is 10.2. The summed E-state index contributed by atoms with van der Waals surface area (Å²) in [7, 11) is 0. The van der Waals surface area contributed by atoms with E-state index in [4.69, 9.17) is 9.52 Å². The number of thiazole rings is 1. The standard InChI is InChI=1S/C13H14N2O3S/c16-8-13(3-4-13)15-11(17)6-9-7-19-12(14-9)10-2-1-5-18-10/h1-2,5,7,16H,3-4,6,8H2,(H,15,17). The molecule has 0 aliphatic heterocycles. The highest BCUT2D eigenvalue weighted by atomic mass is 32.1. The van der Waals surface area contributed by atoms with Crippen LogP contribution in [0.1, 0.15) is 18.5 Å². The van der Waals surface area contributed by atoms with E-state index in [0.29, 0.717) is 5.76 Å². The number of hydrogen-bond acceptors (Lipinski definition) is 5. The predicted octanol–water partition coefficient (Wildman–Crippen LogP) is 1.59. The molecule has 2 heterocycles. The molecule has 1 amide bonds. The average molecular weight is 278 g/mol. The van der Waals surface area contributed by atoms with Crippen molar-refractivity contribution in [3.63, 3.8) is 0 Å². The third kappa shape index (κ3) is 2.69. The molecule has 1 saturated carbocycles. The van der Waals surface area contributed by atoms with Crippen molar-refractivity contribution < 1.29 is 14.3 Å². The molecule has 2 N–H and O–H groups in total. The number of rotatable bonds is 5. The molecule has 1 fully saturated rings. The molecule has 2 aromatic rings. The van der Waals surface area contributed by atoms with E-state index >= 15 is 0 Å². The fraction of sp³-hybridized carbons (Fsp3) is 0.385. The third-order valence-corrected chi connectivity index (χ3v) is 4.09. The van der Waals surface area contributed by atoms with Gasteiger partial charge in [-0.1, -0.05) is 0 Å². The summed E-state index contributed by atoms with van der Waals surface area (Å²) in [6, 6.07) is 3.65. The Hall–Kier alpha value is -1.66. The number of carbonyl (C=O) groups excluding carboxylic acids is 1. The van der Waals surface area contributed by atoms with Gasteiger partial charge in [0.05, 0.1) is 30.5 Å². The molecular formula is C13H14N2O3S. The summed E-state index contributed by atoms with van der Waals surface area (Å²) < 4.78 is 5.26. The first-order valence-corrected chi connectivity index (χ1v) is 6.99. The molecule has 3 rings (SSSR count). The highest BCUT2D eigenvalue weighted by Gasteiger charge is 2.43. The Labute approximate surface area is 114 Å². The molecule has 100 valence electrons. The maximum atomic E-state index is 11.8. The molecule has 0 saturated heterocycles. The Morgan fingerprint density at radius 1 is 1.58 bits per heavy atom. The van der Waals surface area contributed by atoms with Crippen LogP contribution in [0.15, 0.2) is 28.2 Å². The molecule has 0 unspecified atom stereocenters. The molecule has 5 nitrogen and oxygen atoms in total. The summed E-state index contributed by atoms with van der Waals surface area (Å²) in [5.74, 6) is 0.619. The fourth-order valence-corrected chi connectivity index (χ4v) is 2.67. The molecule has 1 aliphatic rings. The maximum Gasteiger partial charge on any atom is 0.226 e. The van der Waals surface area contributed by atoms with Gasteiger partial charge in [0.15, 0.2) is 10.8 Å². The monoisotopic (exact) mass is 278 g/mol. The Kier molecular flexibility index (Phi) is 3.12. The first-order valence-electron chi connectivity index (χ1n) is 6.11. The van der Waals surface area contributed by atoms with Crippen LogP contribution in [0.25, 0.3) is 10.8 Å². The van der Waals surface area contributed by atoms with Crippen molar-refractivity contribution in [2.45, 2.75) is 24.8 Å². The molecule has 19 heavy (non-hydrogen) atoms. The Morgan fingerprint density at radius 2 is 2.42 bits per heavy atom. The SMILES string of the molecule is O=C(Cc1csc(-c2ccco2)n1)NC1(CO)CC1. The van der Waals surface area contributed by atoms with E-state index in [1.165, 1.54) is 11.3 Å². The van der Waals surface area contributed by atoms with Crippen LogP contribution in [0.5, 0.6) is 0 Å². The van der Waals surface area contributed by atoms with Crippen LogP contribution in [0, 0.1) is 0 Å². The normalized spacial score (nSPS) is 16.3. The van der Waals surface area contributed by atoms with Gasteiger partial charge in [-0.15, -0.1) is 11.3 Å². The first kappa shape index (κ1) is 12.4. The van der Waals surface area contributed by atoms with Gasteiger partial charge in [0.25, 0.3) is 0 Å². The minimum Gasteiger partial charge on any atom is -0.462 e. The summed E-state index contributed by atoms with van der Waals surface area (Å²) in [5.41, 5.74) is 0.361. The van der Waals surface area contributed by atoms with Gasteiger partial charge in [0, 0.05) is 5.38 Å². The topological polar surface area (TPSA) is 75.4 Å². The van der Waals surface area contributed by atoms with Crippen molar-refractivity contribution in [2.24, 2.45) is 0 Å². The van der Waals surface area contributed by atoms with Crippen molar-refractivity contribution >= 4 is 17.2 Å². The van der Waals surface area contributed by atoms with Crippen LogP contribution in [-0.4, -0.2) is 28.1 Å². The van der Waals surface area contributed by atoms with E-state index in [9.17, 15) is 4.79 Å². The van der Waals surface area contributed by atoms with Gasteiger partial charge >= 0.3 is 0 Å². The van der Waals surface area contributed by atoms with Gasteiger partial charge in [-0.2, -0.15) is 0 Å². The van der Waals surface area contributed by atoms with Crippen LogP contribution >= 0.6 is 11.3 Å². The number of carbonyl (C=O) groups is 1. The zero-order chi connectivity index (χ0) is 13.3. The van der Waals surface area contributed by atoms with Crippen molar-refractivity contribution in [1.29, 1.82) is 0 Å². The van der Waals surface area contributed by atoms with Gasteiger partial charge in [-0.25, -0.2) is 4.98 Å². The van der Waals surface area contributed by atoms with Gasteiger partial charge in [0.1, 0.15) is 0 Å². The van der Waals surface area contributed by atoms with Gasteiger partial charge in [-0.05, 0) is 25.0 Å². The summed E-state index contributed by atoms with van der Waals surface area (Å²) in [5, 5.41) is 14.7. The lowest BCUT2D eigenvalue weighted by molar-refractivity contribution is -0.121. The molecule has 0 spiro atoms. The van der Waals surface area contributed by atoms with Crippen molar-refractivity contribution in [1.82, 2.24) is 10.3 Å². The number of aliphatic hydroxyl groups is 1. The Morgan fingerprint density at radius 3 is 3.05 bits per heavy atom. The quantitative estimate of drug-likeness (QED) is 0.871. The zero-order valence-electron chi connectivity index (χ0n) is 10.3. The van der Waals surface area contributed by atoms with Crippen molar-refractivity contribution in [3.8, 4) is 10.8 Å². The largest absolute Gasteiger partial charge is 0.462 e. The lowest BCUT2D eigenvalue weighted by Gasteiger charge is -2.13. The van der Waals surface area contributed by atoms with E-state index in [1.807, 2.05) is 11.4 Å². The van der Waals surface area contributed by atoms with E-state index in [1.54, 1.807) is 12.3 Å². The third-order valence-electron chi connectivity index (χ3n) is 3.19. The summed E-state index contributed by atoms with van der Waals surface area (Å²) in [6.45, 7) is 0.00739. The van der Waals surface area contributed by atoms with Crippen LogP contribution in [0.3, 0.4) is 0 Å². The smallest absolute Gasteiger partial charge is 0.226 e. The predicted molar refractivity (Wildman–Crippen MR) is 70.7 cm³/mol. The van der Waals surface area contributed by atoms with E-state index in [0.717, 1.165) is 23.5 Å². The molecule has 0 atom stereocenters. The second-order valence-corrected chi connectivity index (χ2v) is 5.64. The van der Waals surface area contributed by atoms with Crippen molar-refractivity contribution in [3.05, 3.63) is 29.5 Å². The Balaban J connectivity index is 1.63. The molecule has 6 heteroatoms. The summed E-state index contributed by atoms with van der Waals surface area (Å²) >= 11 is 1.45. The number of aliphatic hydroxyl groups excluding tert-OH is 1. The Bertz CT molecular complexity index is 572. The summed E-state index contributed by atoms with van der Waals surface area (Å²) in [4.78, 5) is 16.2. The second kappa shape index (κ2) is 4.79. The number of furan rings is 1. The minimum atomic E-state index is -0.364. The number of nitrogens with zero attached hydrogens (tertiary/aromatic N) is 1. The maximum absolute atomic E-state index is 11.8. The molecule has 0 radical (unpaired) electrons. The fourth-order valence-electron chi connectivity index (χ4n) is 1.88. The van der Waals surface area contributed by atoms with Gasteiger partial charge < -0.3 is 14.8 Å². The molecule has 2 aromatic heterocycles. The summed E-state index contributed by atoms with van der Waals surface area (Å²) in [6.07, 6.45) is 3.54. The first-order chi connectivity index (χ1) is 9.21. The number of hydrogen-bond donors (Lipinski definition) is 2. The van der Waals surface area contributed by atoms with Gasteiger partial charge in [-0.3, -0.25) is 4.79 Å². The average Bonchev–Trinajstić information content (AvgIpc) is 2.85. The molecular weight excluding hydrogens is 264 g/mol. The van der Waals surface area contributed by atoms with E-state index in [2.05, 4.69) is 10.3 Å². The number of nitrogens with one attached hydrogen (secondary N) is 1. The van der Waals surface area contributed by atoms with E-state index in [-0.39, 0.29) is 24.5 Å².